The average molecular weight is 674 g/mol. The van der Waals surface area contributed by atoms with Crippen LogP contribution in [0, 0.1) is 11.7 Å². The van der Waals surface area contributed by atoms with E-state index in [0.29, 0.717) is 54.8 Å². The second kappa shape index (κ2) is 14.0. The van der Waals surface area contributed by atoms with Crippen LogP contribution >= 0.6 is 0 Å². The molecule has 1 saturated carbocycles. The van der Waals surface area contributed by atoms with E-state index in [2.05, 4.69) is 5.32 Å². The van der Waals surface area contributed by atoms with Gasteiger partial charge in [-0.05, 0) is 68.5 Å². The van der Waals surface area contributed by atoms with Crippen molar-refractivity contribution in [3.63, 3.8) is 0 Å². The van der Waals surface area contributed by atoms with Crippen molar-refractivity contribution >= 4 is 23.7 Å². The average Bonchev–Trinajstić information content (AvgIpc) is 3.48. The van der Waals surface area contributed by atoms with Crippen molar-refractivity contribution in [3.8, 4) is 0 Å². The highest BCUT2D eigenvalue weighted by Crippen LogP contribution is 2.39. The lowest BCUT2D eigenvalue weighted by molar-refractivity contribution is -0.143. The minimum atomic E-state index is -5.09. The summed E-state index contributed by atoms with van der Waals surface area (Å²) in [7, 11) is 4.13. The zero-order valence-corrected chi connectivity index (χ0v) is 26.5. The van der Waals surface area contributed by atoms with Crippen LogP contribution in [0.3, 0.4) is 0 Å². The molecule has 2 aromatic rings. The van der Waals surface area contributed by atoms with Crippen molar-refractivity contribution in [3.05, 3.63) is 65.0 Å². The summed E-state index contributed by atoms with van der Waals surface area (Å²) in [6, 6.07) is 4.56. The third-order valence-electron chi connectivity index (χ3n) is 9.17. The molecule has 0 radical (unpaired) electrons. The van der Waals surface area contributed by atoms with E-state index in [1.165, 1.54) is 36.2 Å². The molecular formula is C32H38F7N5O3. The predicted molar refractivity (Wildman–Crippen MR) is 160 cm³/mol. The number of benzene rings is 2. The monoisotopic (exact) mass is 673 g/mol. The van der Waals surface area contributed by atoms with Gasteiger partial charge in [0.25, 0.3) is 0 Å². The van der Waals surface area contributed by atoms with Crippen molar-refractivity contribution in [1.82, 2.24) is 20.0 Å². The van der Waals surface area contributed by atoms with Crippen LogP contribution in [0.5, 0.6) is 0 Å². The molecule has 2 fully saturated rings. The number of carbonyl (C=O) groups is 3. The van der Waals surface area contributed by atoms with Crippen LogP contribution in [0.15, 0.2) is 42.5 Å². The lowest BCUT2D eigenvalue weighted by atomic mass is 9.85. The highest BCUT2D eigenvalue weighted by atomic mass is 19.4. The van der Waals surface area contributed by atoms with E-state index >= 15 is 0 Å². The van der Waals surface area contributed by atoms with E-state index in [1.54, 1.807) is 16.8 Å². The number of likely N-dealkylation sites (tertiary alicyclic amines) is 1. The number of halogens is 7. The van der Waals surface area contributed by atoms with E-state index < -0.39 is 53.0 Å². The van der Waals surface area contributed by atoms with Gasteiger partial charge in [0.2, 0.25) is 5.91 Å². The molecule has 2 unspecified atom stereocenters. The first-order valence-corrected chi connectivity index (χ1v) is 15.3. The van der Waals surface area contributed by atoms with Gasteiger partial charge in [-0.25, -0.2) is 14.0 Å². The quantitative estimate of drug-likeness (QED) is 0.353. The van der Waals surface area contributed by atoms with E-state index in [9.17, 15) is 45.1 Å². The van der Waals surface area contributed by atoms with Gasteiger partial charge in [0.1, 0.15) is 5.82 Å². The number of hydrogen-bond acceptors (Lipinski definition) is 3. The number of urea groups is 2. The summed E-state index contributed by atoms with van der Waals surface area (Å²) in [6.07, 6.45) is -7.95. The molecule has 2 aliphatic rings. The fourth-order valence-corrected chi connectivity index (χ4v) is 6.19. The van der Waals surface area contributed by atoms with Gasteiger partial charge < -0.3 is 20.0 Å². The van der Waals surface area contributed by atoms with Gasteiger partial charge in [-0.3, -0.25) is 9.69 Å². The summed E-state index contributed by atoms with van der Waals surface area (Å²) in [5.74, 6) is -1.51. The molecule has 47 heavy (non-hydrogen) atoms. The fraction of sp³-hybridized carbons (Fsp3) is 0.531. The molecule has 0 aromatic heterocycles. The topological polar surface area (TPSA) is 76.2 Å². The van der Waals surface area contributed by atoms with Gasteiger partial charge in [0.05, 0.1) is 17.2 Å². The van der Waals surface area contributed by atoms with Gasteiger partial charge in [0, 0.05) is 64.3 Å². The molecule has 8 nitrogen and oxygen atoms in total. The molecule has 1 saturated heterocycles. The maximum atomic E-state index is 13.8. The molecule has 4 rings (SSSR count). The van der Waals surface area contributed by atoms with Gasteiger partial charge in [-0.1, -0.05) is 12.1 Å². The fourth-order valence-electron chi connectivity index (χ4n) is 6.19. The van der Waals surface area contributed by atoms with E-state index in [1.807, 2.05) is 6.92 Å². The summed E-state index contributed by atoms with van der Waals surface area (Å²) < 4.78 is 94.8. The minimum absolute atomic E-state index is 0.0123. The number of amides is 5. The summed E-state index contributed by atoms with van der Waals surface area (Å²) in [4.78, 5) is 44.7. The van der Waals surface area contributed by atoms with E-state index in [0.717, 1.165) is 7.05 Å². The maximum Gasteiger partial charge on any atom is 0.416 e. The Labute approximate surface area is 268 Å². The summed E-state index contributed by atoms with van der Waals surface area (Å²) in [5.41, 5.74) is -3.11. The number of alkyl halides is 6. The molecule has 1 N–H and O–H groups in total. The third-order valence-corrected chi connectivity index (χ3v) is 9.17. The van der Waals surface area contributed by atoms with E-state index in [4.69, 9.17) is 0 Å². The molecule has 1 aliphatic heterocycles. The smallest absolute Gasteiger partial charge is 0.340 e. The molecule has 0 bridgehead atoms. The van der Waals surface area contributed by atoms with Gasteiger partial charge >= 0.3 is 24.4 Å². The number of anilines is 1. The number of hydrogen-bond donors (Lipinski definition) is 1. The molecule has 2 aromatic carbocycles. The second-order valence-electron chi connectivity index (χ2n) is 12.2. The standard InChI is InChI=1S/C32H38F7N5O3/c1-5-41(2)29(46)40-24-12-8-20(9-13-24)28(45)44-17-26(19-6-10-23(33)11-7-19)27(18-44)43(4)30(47)42(3)25-15-21(31(34,35)36)14-22(16-25)32(37,38)39/h6-7,10-11,14-16,20,24,26-27H,5,8-9,12-13,17-18H2,1-4H3,(H,40,46). The van der Waals surface area contributed by atoms with Crippen LogP contribution in [0.25, 0.3) is 0 Å². The Morgan fingerprint density at radius 1 is 0.851 bits per heavy atom. The summed E-state index contributed by atoms with van der Waals surface area (Å²) in [5, 5.41) is 2.97. The molecule has 2 atom stereocenters. The van der Waals surface area contributed by atoms with Gasteiger partial charge in [-0.15, -0.1) is 0 Å². The first-order chi connectivity index (χ1) is 21.9. The Morgan fingerprint density at radius 2 is 1.40 bits per heavy atom. The van der Waals surface area contributed by atoms with Gasteiger partial charge in [-0.2, -0.15) is 26.3 Å². The van der Waals surface area contributed by atoms with E-state index in [-0.39, 0.29) is 43.1 Å². The number of nitrogens with zero attached hydrogens (tertiary/aromatic N) is 4. The van der Waals surface area contributed by atoms with Crippen LogP contribution in [0.2, 0.25) is 0 Å². The number of carbonyl (C=O) groups excluding carboxylic acids is 3. The molecule has 0 spiro atoms. The summed E-state index contributed by atoms with van der Waals surface area (Å²) >= 11 is 0. The Kier molecular flexibility index (Phi) is 10.7. The minimum Gasteiger partial charge on any atom is -0.340 e. The van der Waals surface area contributed by atoms with Crippen LogP contribution in [-0.4, -0.2) is 85.5 Å². The first-order valence-electron chi connectivity index (χ1n) is 15.3. The highest BCUT2D eigenvalue weighted by Gasteiger charge is 2.43. The predicted octanol–water partition coefficient (Wildman–Crippen LogP) is 6.57. The van der Waals surface area contributed by atoms with Crippen molar-refractivity contribution in [2.24, 2.45) is 5.92 Å². The summed E-state index contributed by atoms with van der Waals surface area (Å²) in [6.45, 7) is 2.61. The SMILES string of the molecule is CCN(C)C(=O)NC1CCC(C(=O)N2CC(c3ccc(F)cc3)C(N(C)C(=O)N(C)c3cc(C(F)(F)F)cc(C(F)(F)F)c3)C2)CC1. The molecular weight excluding hydrogens is 635 g/mol. The second-order valence-corrected chi connectivity index (χ2v) is 12.2. The normalized spacial score (nSPS) is 21.7. The first kappa shape index (κ1) is 35.8. The Balaban J connectivity index is 1.54. The zero-order chi connectivity index (χ0) is 34.8. The number of likely N-dealkylation sites (N-methyl/N-ethyl adjacent to an activating group) is 1. The lowest BCUT2D eigenvalue weighted by Gasteiger charge is -2.33. The zero-order valence-electron chi connectivity index (χ0n) is 26.5. The van der Waals surface area contributed by atoms with Gasteiger partial charge in [0.15, 0.2) is 0 Å². The van der Waals surface area contributed by atoms with Crippen molar-refractivity contribution < 1.29 is 45.1 Å². The number of rotatable bonds is 6. The van der Waals surface area contributed by atoms with Crippen molar-refractivity contribution in [1.29, 1.82) is 0 Å². The largest absolute Gasteiger partial charge is 0.416 e. The van der Waals surface area contributed by atoms with Crippen molar-refractivity contribution in [2.45, 2.75) is 63.0 Å². The van der Waals surface area contributed by atoms with Crippen LogP contribution in [0.4, 0.5) is 46.0 Å². The van der Waals surface area contributed by atoms with Crippen LogP contribution in [-0.2, 0) is 17.1 Å². The molecule has 5 amide bonds. The van der Waals surface area contributed by atoms with Crippen LogP contribution < -0.4 is 10.2 Å². The van der Waals surface area contributed by atoms with Crippen LogP contribution in [0.1, 0.15) is 55.2 Å². The Morgan fingerprint density at radius 3 is 1.91 bits per heavy atom. The third kappa shape index (κ3) is 8.28. The molecule has 1 heterocycles. The number of nitrogens with one attached hydrogen (secondary N) is 1. The highest BCUT2D eigenvalue weighted by molar-refractivity contribution is 5.92. The lowest BCUT2D eigenvalue weighted by Crippen LogP contribution is -2.48. The molecule has 15 heteroatoms. The maximum absolute atomic E-state index is 13.8. The Hall–Kier alpha value is -4.04. The molecule has 258 valence electrons. The van der Waals surface area contributed by atoms with Crippen molar-refractivity contribution in [2.75, 3.05) is 45.7 Å². The Bertz CT molecular complexity index is 1410. The molecule has 1 aliphatic carbocycles.